The molecule has 3 N–H and O–H groups in total. The maximum Gasteiger partial charge on any atom is 0.313 e. The number of benzene rings is 1. The molecule has 0 aromatic heterocycles. The lowest BCUT2D eigenvalue weighted by molar-refractivity contribution is -0.137. The van der Waals surface area contributed by atoms with Gasteiger partial charge in [-0.15, -0.1) is 0 Å². The molecule has 6 heteroatoms. The average molecular weight is 325 g/mol. The standard InChI is InChI=1S/C16H21ClN2O3/c1-10-5-3-6-11(13(10)17)18-14(21)15(22)19-12-7-4-8-16(12,2)9-20/h3,5-6,12,20H,4,7-9H2,1-2H3,(H,18,21)(H,19,22). The summed E-state index contributed by atoms with van der Waals surface area (Å²) in [6.45, 7) is 3.73. The fraction of sp³-hybridized carbons (Fsp3) is 0.500. The molecular formula is C16H21ClN2O3. The van der Waals surface area contributed by atoms with Gasteiger partial charge in [0.2, 0.25) is 0 Å². The molecular weight excluding hydrogens is 304 g/mol. The van der Waals surface area contributed by atoms with Crippen molar-refractivity contribution in [1.82, 2.24) is 5.32 Å². The summed E-state index contributed by atoms with van der Waals surface area (Å²) >= 11 is 6.10. The van der Waals surface area contributed by atoms with Crippen molar-refractivity contribution in [2.75, 3.05) is 11.9 Å². The Morgan fingerprint density at radius 3 is 2.82 bits per heavy atom. The van der Waals surface area contributed by atoms with E-state index in [1.165, 1.54) is 0 Å². The van der Waals surface area contributed by atoms with Crippen LogP contribution < -0.4 is 10.6 Å². The van der Waals surface area contributed by atoms with Gasteiger partial charge in [0.25, 0.3) is 0 Å². The molecule has 1 aliphatic rings. The van der Waals surface area contributed by atoms with Crippen LogP contribution in [-0.4, -0.2) is 29.6 Å². The highest BCUT2D eigenvalue weighted by molar-refractivity contribution is 6.41. The SMILES string of the molecule is Cc1cccc(NC(=O)C(=O)NC2CCCC2(C)CO)c1Cl. The summed E-state index contributed by atoms with van der Waals surface area (Å²) in [4.78, 5) is 24.1. The van der Waals surface area contributed by atoms with Crippen LogP contribution in [0.1, 0.15) is 31.7 Å². The van der Waals surface area contributed by atoms with Crippen molar-refractivity contribution in [1.29, 1.82) is 0 Å². The molecule has 0 radical (unpaired) electrons. The Bertz CT molecular complexity index is 591. The van der Waals surface area contributed by atoms with E-state index in [1.54, 1.807) is 12.1 Å². The quantitative estimate of drug-likeness (QED) is 0.746. The number of hydrogen-bond acceptors (Lipinski definition) is 3. The number of halogens is 1. The van der Waals surface area contributed by atoms with Crippen molar-refractivity contribution in [3.8, 4) is 0 Å². The smallest absolute Gasteiger partial charge is 0.313 e. The van der Waals surface area contributed by atoms with Gasteiger partial charge >= 0.3 is 11.8 Å². The van der Waals surface area contributed by atoms with Gasteiger partial charge < -0.3 is 15.7 Å². The third-order valence-corrected chi connectivity index (χ3v) is 4.90. The lowest BCUT2D eigenvalue weighted by Gasteiger charge is -2.29. The molecule has 5 nitrogen and oxygen atoms in total. The lowest BCUT2D eigenvalue weighted by Crippen LogP contribution is -2.48. The first kappa shape index (κ1) is 16.8. The summed E-state index contributed by atoms with van der Waals surface area (Å²) in [6.07, 6.45) is 2.52. The minimum Gasteiger partial charge on any atom is -0.396 e. The Morgan fingerprint density at radius 2 is 2.14 bits per heavy atom. The van der Waals surface area contributed by atoms with Crippen LogP contribution in [0, 0.1) is 12.3 Å². The predicted octanol–water partition coefficient (Wildman–Crippen LogP) is 2.25. The van der Waals surface area contributed by atoms with Crippen LogP contribution in [0.5, 0.6) is 0 Å². The molecule has 2 atom stereocenters. The molecule has 0 heterocycles. The van der Waals surface area contributed by atoms with Crippen LogP contribution in [0.3, 0.4) is 0 Å². The van der Waals surface area contributed by atoms with E-state index in [9.17, 15) is 14.7 Å². The molecule has 1 saturated carbocycles. The summed E-state index contributed by atoms with van der Waals surface area (Å²) in [5.41, 5.74) is 0.874. The van der Waals surface area contributed by atoms with E-state index in [2.05, 4.69) is 10.6 Å². The van der Waals surface area contributed by atoms with Crippen LogP contribution in [0.15, 0.2) is 18.2 Å². The van der Waals surface area contributed by atoms with Gasteiger partial charge in [-0.3, -0.25) is 9.59 Å². The summed E-state index contributed by atoms with van der Waals surface area (Å²) < 4.78 is 0. The molecule has 0 bridgehead atoms. The number of hydrogen-bond donors (Lipinski definition) is 3. The Balaban J connectivity index is 2.01. The fourth-order valence-electron chi connectivity index (χ4n) is 2.82. The van der Waals surface area contributed by atoms with Crippen molar-refractivity contribution in [2.24, 2.45) is 5.41 Å². The third kappa shape index (κ3) is 3.42. The van der Waals surface area contributed by atoms with E-state index < -0.39 is 11.8 Å². The maximum atomic E-state index is 12.1. The van der Waals surface area contributed by atoms with Gasteiger partial charge in [-0.2, -0.15) is 0 Å². The molecule has 2 rings (SSSR count). The van der Waals surface area contributed by atoms with E-state index in [1.807, 2.05) is 19.9 Å². The summed E-state index contributed by atoms with van der Waals surface area (Å²) in [6, 6.07) is 5.04. The molecule has 1 aromatic carbocycles. The summed E-state index contributed by atoms with van der Waals surface area (Å²) in [5, 5.41) is 15.1. The van der Waals surface area contributed by atoms with Crippen LogP contribution in [0.4, 0.5) is 5.69 Å². The first-order chi connectivity index (χ1) is 10.4. The van der Waals surface area contributed by atoms with E-state index in [4.69, 9.17) is 11.6 Å². The van der Waals surface area contributed by atoms with Gasteiger partial charge in [0.05, 0.1) is 17.3 Å². The number of aliphatic hydroxyl groups excluding tert-OH is 1. The van der Waals surface area contributed by atoms with Crippen molar-refractivity contribution < 1.29 is 14.7 Å². The van der Waals surface area contributed by atoms with Crippen LogP contribution in [0.2, 0.25) is 5.02 Å². The predicted molar refractivity (Wildman–Crippen MR) is 85.8 cm³/mol. The minimum absolute atomic E-state index is 0.0106. The minimum atomic E-state index is -0.750. The molecule has 0 aliphatic heterocycles. The van der Waals surface area contributed by atoms with Gasteiger partial charge in [0.15, 0.2) is 0 Å². The topological polar surface area (TPSA) is 78.4 Å². The van der Waals surface area contributed by atoms with Gasteiger partial charge in [-0.1, -0.05) is 37.1 Å². The molecule has 2 amide bonds. The highest BCUT2D eigenvalue weighted by Crippen LogP contribution is 2.37. The fourth-order valence-corrected chi connectivity index (χ4v) is 2.99. The lowest BCUT2D eigenvalue weighted by atomic mass is 9.86. The van der Waals surface area contributed by atoms with Gasteiger partial charge in [-0.05, 0) is 31.4 Å². The third-order valence-electron chi connectivity index (χ3n) is 4.39. The van der Waals surface area contributed by atoms with E-state index in [0.717, 1.165) is 24.8 Å². The van der Waals surface area contributed by atoms with Crippen molar-refractivity contribution in [3.05, 3.63) is 28.8 Å². The van der Waals surface area contributed by atoms with Gasteiger partial charge in [0, 0.05) is 11.5 Å². The molecule has 2 unspecified atom stereocenters. The number of amides is 2. The molecule has 1 aromatic rings. The molecule has 0 saturated heterocycles. The number of anilines is 1. The first-order valence-corrected chi connectivity index (χ1v) is 7.73. The van der Waals surface area contributed by atoms with Crippen molar-refractivity contribution in [3.63, 3.8) is 0 Å². The number of aliphatic hydroxyl groups is 1. The average Bonchev–Trinajstić information content (AvgIpc) is 2.85. The van der Waals surface area contributed by atoms with Crippen LogP contribution in [0.25, 0.3) is 0 Å². The van der Waals surface area contributed by atoms with Gasteiger partial charge in [-0.25, -0.2) is 0 Å². The molecule has 22 heavy (non-hydrogen) atoms. The summed E-state index contributed by atoms with van der Waals surface area (Å²) in [5.74, 6) is -1.45. The van der Waals surface area contributed by atoms with E-state index in [0.29, 0.717) is 10.7 Å². The van der Waals surface area contributed by atoms with E-state index in [-0.39, 0.29) is 18.1 Å². The monoisotopic (exact) mass is 324 g/mol. The Labute approximate surface area is 135 Å². The molecule has 1 fully saturated rings. The maximum absolute atomic E-state index is 12.1. The van der Waals surface area contributed by atoms with Crippen molar-refractivity contribution in [2.45, 2.75) is 39.2 Å². The highest BCUT2D eigenvalue weighted by Gasteiger charge is 2.39. The Kier molecular flexibility index (Phi) is 5.08. The van der Waals surface area contributed by atoms with Crippen LogP contribution in [-0.2, 0) is 9.59 Å². The largest absolute Gasteiger partial charge is 0.396 e. The highest BCUT2D eigenvalue weighted by atomic mass is 35.5. The normalized spacial score (nSPS) is 24.1. The summed E-state index contributed by atoms with van der Waals surface area (Å²) in [7, 11) is 0. The zero-order valence-corrected chi connectivity index (χ0v) is 13.5. The molecule has 0 spiro atoms. The zero-order chi connectivity index (χ0) is 16.3. The number of carbonyl (C=O) groups is 2. The molecule has 120 valence electrons. The second kappa shape index (κ2) is 6.67. The second-order valence-electron chi connectivity index (χ2n) is 6.12. The molecule has 1 aliphatic carbocycles. The van der Waals surface area contributed by atoms with E-state index >= 15 is 0 Å². The number of carbonyl (C=O) groups excluding carboxylic acids is 2. The van der Waals surface area contributed by atoms with Crippen LogP contribution >= 0.6 is 11.6 Å². The Hall–Kier alpha value is -1.59. The van der Waals surface area contributed by atoms with Crippen molar-refractivity contribution >= 4 is 29.1 Å². The number of nitrogens with one attached hydrogen (secondary N) is 2. The number of aryl methyl sites for hydroxylation is 1. The first-order valence-electron chi connectivity index (χ1n) is 7.35. The zero-order valence-electron chi connectivity index (χ0n) is 12.8. The second-order valence-corrected chi connectivity index (χ2v) is 6.50. The van der Waals surface area contributed by atoms with Gasteiger partial charge in [0.1, 0.15) is 0 Å². The Morgan fingerprint density at radius 1 is 1.41 bits per heavy atom. The number of rotatable bonds is 3.